The summed E-state index contributed by atoms with van der Waals surface area (Å²) in [5, 5.41) is 2.98. The Bertz CT molecular complexity index is 2520. The largest absolute Gasteiger partial charge is 0.453 e. The lowest BCUT2D eigenvalue weighted by Crippen LogP contribution is -2.00. The van der Waals surface area contributed by atoms with Gasteiger partial charge in [0.25, 0.3) is 0 Å². The Morgan fingerprint density at radius 3 is 1.81 bits per heavy atom. The number of benzene rings is 4. The summed E-state index contributed by atoms with van der Waals surface area (Å²) in [6.07, 6.45) is 5.45. The maximum Gasteiger partial charge on any atom is 0.164 e. The van der Waals surface area contributed by atoms with Gasteiger partial charge in [0.2, 0.25) is 0 Å². The molecular weight excluding hydrogens is 580 g/mol. The summed E-state index contributed by atoms with van der Waals surface area (Å²) < 4.78 is 5.96. The van der Waals surface area contributed by atoms with Gasteiger partial charge in [-0.3, -0.25) is 15.0 Å². The number of nitrogens with zero attached hydrogens (tertiary/aromatic N) is 6. The van der Waals surface area contributed by atoms with E-state index in [2.05, 4.69) is 29.2 Å². The Kier molecular flexibility index (Phi) is 6.31. The maximum absolute atomic E-state index is 5.96. The fourth-order valence-corrected chi connectivity index (χ4v) is 6.02. The predicted octanol–water partition coefficient (Wildman–Crippen LogP) is 9.44. The van der Waals surface area contributed by atoms with Gasteiger partial charge in [0.05, 0.1) is 23.0 Å². The number of furan rings is 1. The molecule has 0 aliphatic carbocycles. The molecule has 0 aliphatic heterocycles. The molecule has 0 aliphatic rings. The van der Waals surface area contributed by atoms with Crippen molar-refractivity contribution in [2.75, 3.05) is 0 Å². The zero-order valence-electron chi connectivity index (χ0n) is 24.9. The Morgan fingerprint density at radius 1 is 0.426 bits per heavy atom. The van der Waals surface area contributed by atoms with E-state index in [1.807, 2.05) is 109 Å². The Morgan fingerprint density at radius 2 is 1.06 bits per heavy atom. The average Bonchev–Trinajstić information content (AvgIpc) is 3.53. The Hall–Kier alpha value is -6.60. The van der Waals surface area contributed by atoms with E-state index in [1.54, 1.807) is 12.4 Å². The first kappa shape index (κ1) is 26.8. The van der Waals surface area contributed by atoms with Gasteiger partial charge in [-0.2, -0.15) is 0 Å². The topological polar surface area (TPSA) is 90.5 Å². The third kappa shape index (κ3) is 4.78. The van der Waals surface area contributed by atoms with Crippen LogP contribution in [0.5, 0.6) is 0 Å². The monoisotopic (exact) mass is 604 g/mol. The SMILES string of the molecule is c1ccc(-c2nc(-c3ccccc3)nc(-c3cccc(-c4cnc(-c5cc6c(cn5)oc5cccnc56)c5ccccc45)c3)n2)cc1. The molecule has 0 N–H and O–H groups in total. The molecule has 9 aromatic rings. The number of fused-ring (bicyclic) bond motifs is 4. The van der Waals surface area contributed by atoms with Crippen molar-refractivity contribution in [3.63, 3.8) is 0 Å². The predicted molar refractivity (Wildman–Crippen MR) is 185 cm³/mol. The zero-order valence-corrected chi connectivity index (χ0v) is 24.9. The quantitative estimate of drug-likeness (QED) is 0.193. The molecule has 0 radical (unpaired) electrons. The summed E-state index contributed by atoms with van der Waals surface area (Å²) in [6.45, 7) is 0. The first-order chi connectivity index (χ1) is 23.3. The second-order valence-electron chi connectivity index (χ2n) is 11.2. The molecule has 0 fully saturated rings. The standard InChI is InChI=1S/C40H24N6O/c1-3-11-25(12-4-1)38-44-39(26-13-5-2-6-14-26)46-40(45-38)28-16-9-15-27(21-28)32-23-43-36(30-18-8-7-17-29(30)32)33-22-31-35(24-42-33)47-34-19-10-20-41-37(31)34/h1-24H. The Labute approximate surface area is 269 Å². The summed E-state index contributed by atoms with van der Waals surface area (Å²) in [6, 6.07) is 42.4. The first-order valence-corrected chi connectivity index (χ1v) is 15.3. The molecule has 220 valence electrons. The van der Waals surface area contributed by atoms with E-state index in [0.29, 0.717) is 23.1 Å². The van der Waals surface area contributed by atoms with Crippen LogP contribution in [0.25, 0.3) is 89.5 Å². The smallest absolute Gasteiger partial charge is 0.164 e. The number of rotatable bonds is 5. The molecular formula is C40H24N6O. The number of hydrogen-bond donors (Lipinski definition) is 0. The molecule has 47 heavy (non-hydrogen) atoms. The molecule has 9 rings (SSSR count). The molecule has 5 aromatic heterocycles. The fourth-order valence-electron chi connectivity index (χ4n) is 6.02. The summed E-state index contributed by atoms with van der Waals surface area (Å²) >= 11 is 0. The van der Waals surface area contributed by atoms with Gasteiger partial charge in [-0.1, -0.05) is 103 Å². The highest BCUT2D eigenvalue weighted by Gasteiger charge is 2.17. The molecule has 0 saturated carbocycles. The van der Waals surface area contributed by atoms with Gasteiger partial charge in [-0.15, -0.1) is 0 Å². The van der Waals surface area contributed by atoms with Crippen molar-refractivity contribution in [2.45, 2.75) is 0 Å². The van der Waals surface area contributed by atoms with Crippen molar-refractivity contribution >= 4 is 32.8 Å². The highest BCUT2D eigenvalue weighted by molar-refractivity contribution is 6.06. The fraction of sp³-hybridized carbons (Fsp3) is 0. The number of aromatic nitrogens is 6. The molecule has 4 aromatic carbocycles. The second-order valence-corrected chi connectivity index (χ2v) is 11.2. The third-order valence-corrected chi connectivity index (χ3v) is 8.28. The van der Waals surface area contributed by atoms with E-state index in [0.717, 1.165) is 66.5 Å². The lowest BCUT2D eigenvalue weighted by molar-refractivity contribution is 0.666. The van der Waals surface area contributed by atoms with Gasteiger partial charge in [0, 0.05) is 40.0 Å². The van der Waals surface area contributed by atoms with Gasteiger partial charge in [0.15, 0.2) is 28.6 Å². The summed E-state index contributed by atoms with van der Waals surface area (Å²) in [7, 11) is 0. The molecule has 0 atom stereocenters. The van der Waals surface area contributed by atoms with Crippen LogP contribution in [0.4, 0.5) is 0 Å². The van der Waals surface area contributed by atoms with E-state index in [9.17, 15) is 0 Å². The van der Waals surface area contributed by atoms with Crippen LogP contribution < -0.4 is 0 Å². The minimum Gasteiger partial charge on any atom is -0.453 e. The molecule has 0 amide bonds. The van der Waals surface area contributed by atoms with Gasteiger partial charge < -0.3 is 4.42 Å². The van der Waals surface area contributed by atoms with Gasteiger partial charge in [0.1, 0.15) is 5.52 Å². The highest BCUT2D eigenvalue weighted by atomic mass is 16.3. The van der Waals surface area contributed by atoms with Crippen molar-refractivity contribution in [3.8, 4) is 56.7 Å². The normalized spacial score (nSPS) is 11.4. The second kappa shape index (κ2) is 11.1. The minimum absolute atomic E-state index is 0.604. The lowest BCUT2D eigenvalue weighted by Gasteiger charge is -2.12. The van der Waals surface area contributed by atoms with Crippen LogP contribution in [-0.2, 0) is 0 Å². The average molecular weight is 605 g/mol. The van der Waals surface area contributed by atoms with Crippen LogP contribution in [0.2, 0.25) is 0 Å². The van der Waals surface area contributed by atoms with Crippen molar-refractivity contribution in [1.29, 1.82) is 0 Å². The van der Waals surface area contributed by atoms with E-state index in [4.69, 9.17) is 29.3 Å². The van der Waals surface area contributed by atoms with Gasteiger partial charge in [-0.05, 0) is 35.2 Å². The zero-order chi connectivity index (χ0) is 31.2. The van der Waals surface area contributed by atoms with Gasteiger partial charge in [-0.25, -0.2) is 15.0 Å². The summed E-state index contributed by atoms with van der Waals surface area (Å²) in [5.41, 5.74) is 8.57. The Balaban J connectivity index is 1.17. The van der Waals surface area contributed by atoms with Crippen LogP contribution in [0.15, 0.2) is 150 Å². The van der Waals surface area contributed by atoms with Crippen LogP contribution in [0.3, 0.4) is 0 Å². The first-order valence-electron chi connectivity index (χ1n) is 15.3. The van der Waals surface area contributed by atoms with Crippen molar-refractivity contribution < 1.29 is 4.42 Å². The molecule has 0 bridgehead atoms. The molecule has 0 spiro atoms. The van der Waals surface area contributed by atoms with Crippen molar-refractivity contribution in [3.05, 3.63) is 146 Å². The number of hydrogen-bond acceptors (Lipinski definition) is 7. The highest BCUT2D eigenvalue weighted by Crippen LogP contribution is 2.36. The van der Waals surface area contributed by atoms with Crippen molar-refractivity contribution in [2.24, 2.45) is 0 Å². The van der Waals surface area contributed by atoms with Gasteiger partial charge >= 0.3 is 0 Å². The molecule has 5 heterocycles. The van der Waals surface area contributed by atoms with Crippen LogP contribution in [0.1, 0.15) is 0 Å². The maximum atomic E-state index is 5.96. The van der Waals surface area contributed by atoms with E-state index < -0.39 is 0 Å². The lowest BCUT2D eigenvalue weighted by atomic mass is 9.97. The van der Waals surface area contributed by atoms with Crippen molar-refractivity contribution in [1.82, 2.24) is 29.9 Å². The minimum atomic E-state index is 0.604. The van der Waals surface area contributed by atoms with E-state index in [-0.39, 0.29) is 0 Å². The van der Waals surface area contributed by atoms with E-state index in [1.165, 1.54) is 0 Å². The molecule has 7 heteroatoms. The number of pyridine rings is 3. The summed E-state index contributed by atoms with van der Waals surface area (Å²) in [4.78, 5) is 29.0. The van der Waals surface area contributed by atoms with Crippen LogP contribution in [0, 0.1) is 0 Å². The molecule has 7 nitrogen and oxygen atoms in total. The summed E-state index contributed by atoms with van der Waals surface area (Å²) in [5.74, 6) is 1.86. The third-order valence-electron chi connectivity index (χ3n) is 8.28. The van der Waals surface area contributed by atoms with Crippen LogP contribution in [-0.4, -0.2) is 29.9 Å². The molecule has 0 unspecified atom stereocenters. The molecule has 0 saturated heterocycles. The van der Waals surface area contributed by atoms with Crippen LogP contribution >= 0.6 is 0 Å². The van der Waals surface area contributed by atoms with E-state index >= 15 is 0 Å².